The van der Waals surface area contributed by atoms with Gasteiger partial charge in [-0.25, -0.2) is 4.39 Å². The zero-order valence-electron chi connectivity index (χ0n) is 14.0. The van der Waals surface area contributed by atoms with Crippen LogP contribution in [0.25, 0.3) is 11.4 Å². The number of para-hydroxylation sites is 1. The Hall–Kier alpha value is -3.09. The Bertz CT molecular complexity index is 845. The normalized spacial score (nSPS) is 10.9. The number of hydrogen-bond donors (Lipinski definition) is 0. The van der Waals surface area contributed by atoms with Crippen LogP contribution in [-0.4, -0.2) is 32.2 Å². The monoisotopic (exact) mass is 339 g/mol. The quantitative estimate of drug-likeness (QED) is 0.717. The Balaban J connectivity index is 1.77. The van der Waals surface area contributed by atoms with E-state index in [9.17, 15) is 9.18 Å². The molecule has 0 bridgehead atoms. The Kier molecular flexibility index (Phi) is 4.83. The lowest BCUT2D eigenvalue weighted by Gasteiger charge is -2.26. The number of nitrogens with zero attached hydrogens (tertiary/aromatic N) is 5. The number of hydrogen-bond acceptors (Lipinski definition) is 4. The van der Waals surface area contributed by atoms with Crippen molar-refractivity contribution in [2.24, 2.45) is 0 Å². The summed E-state index contributed by atoms with van der Waals surface area (Å²) in [5.41, 5.74) is 1.46. The summed E-state index contributed by atoms with van der Waals surface area (Å²) < 4.78 is 13.0. The fourth-order valence-electron chi connectivity index (χ4n) is 2.54. The molecule has 0 aliphatic rings. The van der Waals surface area contributed by atoms with Gasteiger partial charge in [0.2, 0.25) is 5.82 Å². The van der Waals surface area contributed by atoms with Gasteiger partial charge in [-0.2, -0.15) is 4.80 Å². The maximum Gasteiger partial charge on any atom is 0.250 e. The smallest absolute Gasteiger partial charge is 0.250 e. The van der Waals surface area contributed by atoms with Gasteiger partial charge in [0.15, 0.2) is 0 Å². The van der Waals surface area contributed by atoms with Gasteiger partial charge in [0, 0.05) is 17.3 Å². The lowest BCUT2D eigenvalue weighted by molar-refractivity contribution is -0.119. The third kappa shape index (κ3) is 3.88. The van der Waals surface area contributed by atoms with Gasteiger partial charge in [-0.3, -0.25) is 4.79 Å². The van der Waals surface area contributed by atoms with Crippen LogP contribution in [0.3, 0.4) is 0 Å². The maximum absolute atomic E-state index is 13.0. The Labute approximate surface area is 144 Å². The SMILES string of the molecule is CC(C)N(C(=O)Cn1nnc(-c2ccc(F)cc2)n1)c1ccccc1. The fraction of sp³-hybridized carbons (Fsp3) is 0.222. The van der Waals surface area contributed by atoms with Crippen LogP contribution in [0.15, 0.2) is 54.6 Å². The molecule has 2 aromatic carbocycles. The topological polar surface area (TPSA) is 63.9 Å². The highest BCUT2D eigenvalue weighted by molar-refractivity contribution is 5.93. The van der Waals surface area contributed by atoms with E-state index in [1.807, 2.05) is 44.2 Å². The molecule has 0 saturated heterocycles. The van der Waals surface area contributed by atoms with Gasteiger partial charge in [0.1, 0.15) is 12.4 Å². The largest absolute Gasteiger partial charge is 0.308 e. The molecule has 0 atom stereocenters. The van der Waals surface area contributed by atoms with E-state index in [0.29, 0.717) is 11.4 Å². The highest BCUT2D eigenvalue weighted by Crippen LogP contribution is 2.17. The molecular weight excluding hydrogens is 321 g/mol. The first-order valence-electron chi connectivity index (χ1n) is 7.95. The number of tetrazole rings is 1. The van der Waals surface area contributed by atoms with Crippen LogP contribution in [0.2, 0.25) is 0 Å². The van der Waals surface area contributed by atoms with Crippen LogP contribution in [-0.2, 0) is 11.3 Å². The number of rotatable bonds is 5. The van der Waals surface area contributed by atoms with Crippen molar-refractivity contribution in [2.75, 3.05) is 4.90 Å². The van der Waals surface area contributed by atoms with Crippen molar-refractivity contribution in [1.82, 2.24) is 20.2 Å². The third-order valence-corrected chi connectivity index (χ3v) is 3.65. The molecular formula is C18H18FN5O. The first-order valence-corrected chi connectivity index (χ1v) is 7.95. The molecule has 6 nitrogen and oxygen atoms in total. The van der Waals surface area contributed by atoms with Crippen molar-refractivity contribution in [3.63, 3.8) is 0 Å². The van der Waals surface area contributed by atoms with E-state index in [-0.39, 0.29) is 24.3 Å². The van der Waals surface area contributed by atoms with Gasteiger partial charge in [-0.1, -0.05) is 18.2 Å². The Morgan fingerprint density at radius 2 is 1.80 bits per heavy atom. The number of halogens is 1. The summed E-state index contributed by atoms with van der Waals surface area (Å²) in [6.45, 7) is 3.87. The lowest BCUT2D eigenvalue weighted by Crippen LogP contribution is -2.39. The molecule has 3 rings (SSSR count). The van der Waals surface area contributed by atoms with E-state index in [2.05, 4.69) is 15.4 Å². The van der Waals surface area contributed by atoms with E-state index >= 15 is 0 Å². The molecule has 0 radical (unpaired) electrons. The van der Waals surface area contributed by atoms with E-state index in [4.69, 9.17) is 0 Å². The van der Waals surface area contributed by atoms with Crippen molar-refractivity contribution in [3.8, 4) is 11.4 Å². The summed E-state index contributed by atoms with van der Waals surface area (Å²) in [7, 11) is 0. The van der Waals surface area contributed by atoms with E-state index in [1.165, 1.54) is 16.9 Å². The van der Waals surface area contributed by atoms with Crippen LogP contribution in [0.5, 0.6) is 0 Å². The molecule has 1 heterocycles. The Morgan fingerprint density at radius 3 is 2.44 bits per heavy atom. The molecule has 0 fully saturated rings. The van der Waals surface area contributed by atoms with E-state index in [0.717, 1.165) is 5.69 Å². The van der Waals surface area contributed by atoms with Gasteiger partial charge in [-0.05, 0) is 55.5 Å². The van der Waals surface area contributed by atoms with Crippen molar-refractivity contribution in [3.05, 3.63) is 60.4 Å². The number of aromatic nitrogens is 4. The summed E-state index contributed by atoms with van der Waals surface area (Å²) in [6.07, 6.45) is 0. The summed E-state index contributed by atoms with van der Waals surface area (Å²) >= 11 is 0. The molecule has 0 spiro atoms. The minimum absolute atomic E-state index is 0.00464. The second kappa shape index (κ2) is 7.21. The zero-order valence-corrected chi connectivity index (χ0v) is 14.0. The van der Waals surface area contributed by atoms with Crippen LogP contribution in [0, 0.1) is 5.82 Å². The lowest BCUT2D eigenvalue weighted by atomic mass is 10.2. The molecule has 0 unspecified atom stereocenters. The highest BCUT2D eigenvalue weighted by Gasteiger charge is 2.20. The van der Waals surface area contributed by atoms with E-state index in [1.54, 1.807) is 17.0 Å². The molecule has 0 N–H and O–H groups in total. The molecule has 7 heteroatoms. The maximum atomic E-state index is 13.0. The number of amides is 1. The molecule has 3 aromatic rings. The number of carbonyl (C=O) groups is 1. The molecule has 0 saturated carbocycles. The number of carbonyl (C=O) groups excluding carboxylic acids is 1. The molecule has 25 heavy (non-hydrogen) atoms. The van der Waals surface area contributed by atoms with Crippen LogP contribution in [0.4, 0.5) is 10.1 Å². The zero-order chi connectivity index (χ0) is 17.8. The van der Waals surface area contributed by atoms with E-state index < -0.39 is 0 Å². The molecule has 0 aliphatic heterocycles. The van der Waals surface area contributed by atoms with Crippen LogP contribution in [0.1, 0.15) is 13.8 Å². The minimum atomic E-state index is -0.332. The van der Waals surface area contributed by atoms with Crippen molar-refractivity contribution in [2.45, 2.75) is 26.4 Å². The van der Waals surface area contributed by atoms with Gasteiger partial charge >= 0.3 is 0 Å². The number of benzene rings is 2. The highest BCUT2D eigenvalue weighted by atomic mass is 19.1. The van der Waals surface area contributed by atoms with Crippen molar-refractivity contribution >= 4 is 11.6 Å². The van der Waals surface area contributed by atoms with Gasteiger partial charge in [-0.15, -0.1) is 10.2 Å². The Morgan fingerprint density at radius 1 is 1.12 bits per heavy atom. The summed E-state index contributed by atoms with van der Waals surface area (Å²) in [5, 5.41) is 12.1. The summed E-state index contributed by atoms with van der Waals surface area (Å²) in [5.74, 6) is -0.116. The van der Waals surface area contributed by atoms with Gasteiger partial charge in [0.05, 0.1) is 0 Å². The molecule has 128 valence electrons. The van der Waals surface area contributed by atoms with Crippen molar-refractivity contribution < 1.29 is 9.18 Å². The molecule has 1 amide bonds. The first-order chi connectivity index (χ1) is 12.0. The van der Waals surface area contributed by atoms with Gasteiger partial charge in [0.25, 0.3) is 5.91 Å². The van der Waals surface area contributed by atoms with Gasteiger partial charge < -0.3 is 4.90 Å². The average Bonchev–Trinajstić information content (AvgIpc) is 3.04. The predicted octanol–water partition coefficient (Wildman–Crippen LogP) is 2.92. The fourth-order valence-corrected chi connectivity index (χ4v) is 2.54. The molecule has 0 aliphatic carbocycles. The van der Waals surface area contributed by atoms with Crippen molar-refractivity contribution in [1.29, 1.82) is 0 Å². The predicted molar refractivity (Wildman–Crippen MR) is 92.3 cm³/mol. The molecule has 1 aromatic heterocycles. The third-order valence-electron chi connectivity index (χ3n) is 3.65. The minimum Gasteiger partial charge on any atom is -0.308 e. The average molecular weight is 339 g/mol. The second-order valence-corrected chi connectivity index (χ2v) is 5.84. The second-order valence-electron chi connectivity index (χ2n) is 5.84. The van der Waals surface area contributed by atoms with Crippen LogP contribution < -0.4 is 4.90 Å². The van der Waals surface area contributed by atoms with Crippen LogP contribution >= 0.6 is 0 Å². The summed E-state index contributed by atoms with van der Waals surface area (Å²) in [4.78, 5) is 15.6. The first kappa shape index (κ1) is 16.8. The standard InChI is InChI=1S/C18H18FN5O/c1-13(2)24(16-6-4-3-5-7-16)17(25)12-23-21-18(20-22-23)14-8-10-15(19)11-9-14/h3-11,13H,12H2,1-2H3. The number of anilines is 1. The summed E-state index contributed by atoms with van der Waals surface area (Å²) in [6, 6.07) is 15.2.